The standard InChI is InChI=1S/C25H14F6N2O/c26-24(27,28)17-9-5-15(6-10-17)21-19(3-1-13-32-21)23(34)20-4-2-14-33-22(20)16-7-11-18(12-8-16)25(29,30)31/h1-14H. The molecule has 0 unspecified atom stereocenters. The fourth-order valence-electron chi connectivity index (χ4n) is 3.42. The maximum Gasteiger partial charge on any atom is 0.416 e. The lowest BCUT2D eigenvalue weighted by Gasteiger charge is -2.13. The molecule has 0 spiro atoms. The van der Waals surface area contributed by atoms with Gasteiger partial charge in [-0.15, -0.1) is 0 Å². The fourth-order valence-corrected chi connectivity index (χ4v) is 3.42. The third-order valence-electron chi connectivity index (χ3n) is 5.08. The van der Waals surface area contributed by atoms with E-state index in [-0.39, 0.29) is 22.5 Å². The zero-order chi connectivity index (χ0) is 24.5. The first-order valence-electron chi connectivity index (χ1n) is 9.86. The van der Waals surface area contributed by atoms with Crippen molar-refractivity contribution in [3.63, 3.8) is 0 Å². The minimum Gasteiger partial charge on any atom is -0.288 e. The normalized spacial score (nSPS) is 11.9. The molecular formula is C25H14F6N2O. The molecule has 0 saturated heterocycles. The van der Waals surface area contributed by atoms with Crippen LogP contribution in [0.25, 0.3) is 22.5 Å². The number of carbonyl (C=O) groups is 1. The van der Waals surface area contributed by atoms with Crippen LogP contribution in [0, 0.1) is 0 Å². The van der Waals surface area contributed by atoms with Gasteiger partial charge in [-0.1, -0.05) is 24.3 Å². The molecule has 0 amide bonds. The number of pyridine rings is 2. The molecule has 3 nitrogen and oxygen atoms in total. The number of ketones is 1. The highest BCUT2D eigenvalue weighted by Gasteiger charge is 2.31. The maximum absolute atomic E-state index is 13.4. The van der Waals surface area contributed by atoms with Crippen LogP contribution in [0.1, 0.15) is 27.0 Å². The maximum atomic E-state index is 13.4. The molecule has 0 aliphatic carbocycles. The zero-order valence-electron chi connectivity index (χ0n) is 17.2. The van der Waals surface area contributed by atoms with E-state index >= 15 is 0 Å². The van der Waals surface area contributed by atoms with Gasteiger partial charge < -0.3 is 0 Å². The third kappa shape index (κ3) is 4.68. The summed E-state index contributed by atoms with van der Waals surface area (Å²) >= 11 is 0. The lowest BCUT2D eigenvalue weighted by atomic mass is 9.94. The van der Waals surface area contributed by atoms with Crippen LogP contribution in [0.4, 0.5) is 26.3 Å². The second-order valence-corrected chi connectivity index (χ2v) is 7.28. The van der Waals surface area contributed by atoms with E-state index in [0.29, 0.717) is 11.1 Å². The van der Waals surface area contributed by atoms with E-state index in [9.17, 15) is 31.1 Å². The first kappa shape index (κ1) is 23.2. The Labute approximate surface area is 189 Å². The predicted octanol–water partition coefficient (Wildman–Crippen LogP) is 7.08. The Morgan fingerprint density at radius 3 is 1.24 bits per heavy atom. The molecule has 0 atom stereocenters. The van der Waals surface area contributed by atoms with E-state index in [1.54, 1.807) is 0 Å². The molecule has 0 aliphatic heterocycles. The van der Waals surface area contributed by atoms with Gasteiger partial charge in [-0.2, -0.15) is 26.3 Å². The largest absolute Gasteiger partial charge is 0.416 e. The van der Waals surface area contributed by atoms with Crippen molar-refractivity contribution in [3.8, 4) is 22.5 Å². The number of nitrogens with zero attached hydrogens (tertiary/aromatic N) is 2. The average molecular weight is 472 g/mol. The molecule has 9 heteroatoms. The highest BCUT2D eigenvalue weighted by Crippen LogP contribution is 2.34. The van der Waals surface area contributed by atoms with Gasteiger partial charge in [-0.25, -0.2) is 0 Å². The van der Waals surface area contributed by atoms with Crippen molar-refractivity contribution < 1.29 is 31.1 Å². The molecule has 0 aliphatic rings. The number of rotatable bonds is 4. The van der Waals surface area contributed by atoms with Gasteiger partial charge in [0.25, 0.3) is 0 Å². The first-order valence-corrected chi connectivity index (χ1v) is 9.86. The van der Waals surface area contributed by atoms with Crippen molar-refractivity contribution in [2.24, 2.45) is 0 Å². The van der Waals surface area contributed by atoms with Crippen molar-refractivity contribution in [1.29, 1.82) is 0 Å². The molecule has 2 aromatic heterocycles. The summed E-state index contributed by atoms with van der Waals surface area (Å²) in [6.07, 6.45) is -6.20. The van der Waals surface area contributed by atoms with Gasteiger partial charge >= 0.3 is 12.4 Å². The number of aromatic nitrogens is 2. The molecule has 4 aromatic rings. The summed E-state index contributed by atoms with van der Waals surface area (Å²) in [6.45, 7) is 0. The van der Waals surface area contributed by atoms with Crippen LogP contribution in [0.5, 0.6) is 0 Å². The third-order valence-corrected chi connectivity index (χ3v) is 5.08. The van der Waals surface area contributed by atoms with E-state index in [2.05, 4.69) is 9.97 Å². The monoisotopic (exact) mass is 472 g/mol. The molecule has 2 aromatic carbocycles. The Kier molecular flexibility index (Phi) is 5.95. The summed E-state index contributed by atoms with van der Waals surface area (Å²) in [5, 5.41) is 0. The lowest BCUT2D eigenvalue weighted by Crippen LogP contribution is -2.08. The highest BCUT2D eigenvalue weighted by molar-refractivity contribution is 6.15. The summed E-state index contributed by atoms with van der Waals surface area (Å²) in [4.78, 5) is 21.8. The quantitative estimate of drug-likeness (QED) is 0.236. The van der Waals surface area contributed by atoms with Crippen LogP contribution in [-0.4, -0.2) is 15.8 Å². The van der Waals surface area contributed by atoms with Crippen molar-refractivity contribution >= 4 is 5.78 Å². The molecule has 0 N–H and O–H groups in total. The second-order valence-electron chi connectivity index (χ2n) is 7.28. The Bertz CT molecular complexity index is 1220. The molecular weight excluding hydrogens is 458 g/mol. The van der Waals surface area contributed by atoms with E-state index in [1.165, 1.54) is 60.9 Å². The lowest BCUT2D eigenvalue weighted by molar-refractivity contribution is -0.138. The average Bonchev–Trinajstić information content (AvgIpc) is 2.83. The second kappa shape index (κ2) is 8.74. The van der Waals surface area contributed by atoms with E-state index < -0.39 is 29.3 Å². The molecule has 34 heavy (non-hydrogen) atoms. The van der Waals surface area contributed by atoms with Crippen molar-refractivity contribution in [2.75, 3.05) is 0 Å². The Balaban J connectivity index is 1.75. The van der Waals surface area contributed by atoms with Crippen LogP contribution >= 0.6 is 0 Å². The number of carbonyl (C=O) groups excluding carboxylic acids is 1. The van der Waals surface area contributed by atoms with Crippen LogP contribution in [0.2, 0.25) is 0 Å². The summed E-state index contributed by atoms with van der Waals surface area (Å²) < 4.78 is 77.4. The first-order chi connectivity index (χ1) is 16.1. The molecule has 0 bridgehead atoms. The van der Waals surface area contributed by atoms with Gasteiger partial charge in [-0.3, -0.25) is 14.8 Å². The van der Waals surface area contributed by atoms with E-state index in [4.69, 9.17) is 0 Å². The predicted molar refractivity (Wildman–Crippen MR) is 113 cm³/mol. The number of alkyl halides is 6. The molecule has 2 heterocycles. The van der Waals surface area contributed by atoms with Gasteiger partial charge in [0.15, 0.2) is 5.78 Å². The van der Waals surface area contributed by atoms with Crippen molar-refractivity contribution in [3.05, 3.63) is 107 Å². The molecule has 4 rings (SSSR count). The number of benzene rings is 2. The summed E-state index contributed by atoms with van der Waals surface area (Å²) in [7, 11) is 0. The summed E-state index contributed by atoms with van der Waals surface area (Å²) in [5.74, 6) is -0.522. The fraction of sp³-hybridized carbons (Fsp3) is 0.0800. The van der Waals surface area contributed by atoms with Gasteiger partial charge in [0.05, 0.1) is 22.5 Å². The van der Waals surface area contributed by atoms with E-state index in [1.807, 2.05) is 0 Å². The van der Waals surface area contributed by atoms with Crippen molar-refractivity contribution in [2.45, 2.75) is 12.4 Å². The van der Waals surface area contributed by atoms with Gasteiger partial charge in [0.2, 0.25) is 0 Å². The summed E-state index contributed by atoms with van der Waals surface area (Å²) in [6, 6.07) is 14.5. The van der Waals surface area contributed by atoms with Crippen LogP contribution in [0.3, 0.4) is 0 Å². The Hall–Kier alpha value is -4.01. The van der Waals surface area contributed by atoms with Gasteiger partial charge in [-0.05, 0) is 48.5 Å². The van der Waals surface area contributed by atoms with Crippen LogP contribution < -0.4 is 0 Å². The number of hydrogen-bond donors (Lipinski definition) is 0. The topological polar surface area (TPSA) is 42.9 Å². The van der Waals surface area contributed by atoms with Crippen molar-refractivity contribution in [1.82, 2.24) is 9.97 Å². The minimum absolute atomic E-state index is 0.114. The number of hydrogen-bond acceptors (Lipinski definition) is 3. The van der Waals surface area contributed by atoms with Crippen LogP contribution in [-0.2, 0) is 12.4 Å². The molecule has 172 valence electrons. The highest BCUT2D eigenvalue weighted by atomic mass is 19.4. The van der Waals surface area contributed by atoms with E-state index in [0.717, 1.165) is 24.3 Å². The van der Waals surface area contributed by atoms with Gasteiger partial charge in [0.1, 0.15) is 0 Å². The Morgan fingerprint density at radius 1 is 0.559 bits per heavy atom. The molecule has 0 fully saturated rings. The smallest absolute Gasteiger partial charge is 0.288 e. The summed E-state index contributed by atoms with van der Waals surface area (Å²) in [5.41, 5.74) is -0.499. The minimum atomic E-state index is -4.51. The SMILES string of the molecule is O=C(c1cccnc1-c1ccc(C(F)(F)F)cc1)c1cccnc1-c1ccc(C(F)(F)F)cc1. The molecule has 0 radical (unpaired) electrons. The Morgan fingerprint density at radius 2 is 0.912 bits per heavy atom. The van der Waals surface area contributed by atoms with Crippen LogP contribution in [0.15, 0.2) is 85.2 Å². The zero-order valence-corrected chi connectivity index (χ0v) is 17.2. The molecule has 0 saturated carbocycles. The number of halogens is 6. The van der Waals surface area contributed by atoms with Gasteiger partial charge in [0, 0.05) is 34.6 Å².